The van der Waals surface area contributed by atoms with Crippen LogP contribution in [-0.4, -0.2) is 18.1 Å². The SMILES string of the molecule is O=C(N[C@H](Cc1ccccc1)C(=O)OCc1ccc(Cl)cc1)OCc1ccccc1. The number of benzene rings is 3. The molecule has 0 saturated carbocycles. The van der Waals surface area contributed by atoms with Crippen LogP contribution in [0.25, 0.3) is 0 Å². The van der Waals surface area contributed by atoms with Crippen molar-refractivity contribution >= 4 is 23.7 Å². The van der Waals surface area contributed by atoms with Crippen LogP contribution < -0.4 is 5.32 Å². The van der Waals surface area contributed by atoms with Crippen molar-refractivity contribution in [2.45, 2.75) is 25.7 Å². The number of alkyl carbamates (subject to hydrolysis) is 1. The van der Waals surface area contributed by atoms with Crippen molar-refractivity contribution in [2.75, 3.05) is 0 Å². The van der Waals surface area contributed by atoms with E-state index in [-0.39, 0.29) is 13.2 Å². The van der Waals surface area contributed by atoms with Crippen molar-refractivity contribution in [1.29, 1.82) is 0 Å². The first-order chi connectivity index (χ1) is 14.6. The molecule has 0 fully saturated rings. The maximum Gasteiger partial charge on any atom is 0.408 e. The lowest BCUT2D eigenvalue weighted by atomic mass is 10.1. The van der Waals surface area contributed by atoms with Gasteiger partial charge in [-0.2, -0.15) is 0 Å². The standard InChI is InChI=1S/C24H22ClNO4/c25-21-13-11-20(12-14-21)16-29-23(27)22(15-18-7-3-1-4-8-18)26-24(28)30-17-19-9-5-2-6-10-19/h1-14,22H,15-17H2,(H,26,28)/t22-/m1/s1. The third kappa shape index (κ3) is 6.94. The number of hydrogen-bond acceptors (Lipinski definition) is 4. The van der Waals surface area contributed by atoms with Gasteiger partial charge >= 0.3 is 12.1 Å². The molecule has 1 amide bonds. The number of nitrogens with one attached hydrogen (secondary N) is 1. The van der Waals surface area contributed by atoms with Crippen LogP contribution in [0.1, 0.15) is 16.7 Å². The Hall–Kier alpha value is -3.31. The molecule has 3 rings (SSSR count). The topological polar surface area (TPSA) is 64.6 Å². The number of esters is 1. The van der Waals surface area contributed by atoms with Gasteiger partial charge in [0.25, 0.3) is 0 Å². The van der Waals surface area contributed by atoms with Crippen LogP contribution in [0.4, 0.5) is 4.79 Å². The molecule has 0 bridgehead atoms. The average molecular weight is 424 g/mol. The van der Waals surface area contributed by atoms with Gasteiger partial charge in [0.15, 0.2) is 0 Å². The monoisotopic (exact) mass is 423 g/mol. The summed E-state index contributed by atoms with van der Waals surface area (Å²) < 4.78 is 10.7. The van der Waals surface area contributed by atoms with E-state index in [1.807, 2.05) is 60.7 Å². The molecule has 0 heterocycles. The third-order valence-electron chi connectivity index (χ3n) is 4.37. The van der Waals surface area contributed by atoms with Crippen molar-refractivity contribution in [3.63, 3.8) is 0 Å². The molecular formula is C24H22ClNO4. The first-order valence-electron chi connectivity index (χ1n) is 9.52. The summed E-state index contributed by atoms with van der Waals surface area (Å²) >= 11 is 5.88. The number of halogens is 1. The number of amides is 1. The summed E-state index contributed by atoms with van der Waals surface area (Å²) in [6.07, 6.45) is -0.385. The molecule has 0 saturated heterocycles. The molecule has 0 aliphatic heterocycles. The molecule has 1 N–H and O–H groups in total. The lowest BCUT2D eigenvalue weighted by Crippen LogP contribution is -2.43. The van der Waals surface area contributed by atoms with Crippen LogP contribution in [0.3, 0.4) is 0 Å². The molecule has 154 valence electrons. The van der Waals surface area contributed by atoms with E-state index in [1.165, 1.54) is 0 Å². The van der Waals surface area contributed by atoms with Gasteiger partial charge < -0.3 is 14.8 Å². The maximum atomic E-state index is 12.7. The Labute approximate surface area is 180 Å². The van der Waals surface area contributed by atoms with Gasteiger partial charge in [0.05, 0.1) is 0 Å². The van der Waals surface area contributed by atoms with E-state index in [2.05, 4.69) is 5.32 Å². The van der Waals surface area contributed by atoms with Crippen molar-refractivity contribution in [3.8, 4) is 0 Å². The summed E-state index contributed by atoms with van der Waals surface area (Å²) in [6, 6.07) is 24.9. The Kier molecular flexibility index (Phi) is 7.86. The van der Waals surface area contributed by atoms with Gasteiger partial charge in [0.2, 0.25) is 0 Å². The first kappa shape index (κ1) is 21.4. The van der Waals surface area contributed by atoms with Crippen LogP contribution in [0.5, 0.6) is 0 Å². The smallest absolute Gasteiger partial charge is 0.408 e. The van der Waals surface area contributed by atoms with Gasteiger partial charge in [-0.25, -0.2) is 9.59 Å². The molecule has 0 aliphatic rings. The summed E-state index contributed by atoms with van der Waals surface area (Å²) in [4.78, 5) is 25.0. The lowest BCUT2D eigenvalue weighted by molar-refractivity contribution is -0.147. The van der Waals surface area contributed by atoms with E-state index in [4.69, 9.17) is 21.1 Å². The number of carbonyl (C=O) groups excluding carboxylic acids is 2. The van der Waals surface area contributed by atoms with E-state index in [9.17, 15) is 9.59 Å². The molecule has 0 radical (unpaired) electrons. The second kappa shape index (κ2) is 11.0. The molecule has 0 aromatic heterocycles. The van der Waals surface area contributed by atoms with Crippen LogP contribution in [0, 0.1) is 0 Å². The highest BCUT2D eigenvalue weighted by Gasteiger charge is 2.23. The number of ether oxygens (including phenoxy) is 2. The number of rotatable bonds is 8. The minimum absolute atomic E-state index is 0.0854. The summed E-state index contributed by atoms with van der Waals surface area (Å²) in [7, 11) is 0. The summed E-state index contributed by atoms with van der Waals surface area (Å²) in [6.45, 7) is 0.201. The van der Waals surface area contributed by atoms with Gasteiger partial charge in [-0.1, -0.05) is 84.4 Å². The van der Waals surface area contributed by atoms with Gasteiger partial charge in [-0.05, 0) is 28.8 Å². The van der Waals surface area contributed by atoms with Crippen LogP contribution in [0.15, 0.2) is 84.9 Å². The summed E-state index contributed by atoms with van der Waals surface area (Å²) in [5.74, 6) is -0.537. The molecule has 5 nitrogen and oxygen atoms in total. The van der Waals surface area contributed by atoms with E-state index in [0.29, 0.717) is 11.4 Å². The zero-order valence-electron chi connectivity index (χ0n) is 16.3. The third-order valence-corrected chi connectivity index (χ3v) is 4.62. The molecule has 1 atom stereocenters. The van der Waals surface area contributed by atoms with E-state index in [1.54, 1.807) is 24.3 Å². The molecular weight excluding hydrogens is 402 g/mol. The highest BCUT2D eigenvalue weighted by Crippen LogP contribution is 2.12. The van der Waals surface area contributed by atoms with E-state index in [0.717, 1.165) is 16.7 Å². The average Bonchev–Trinajstić information content (AvgIpc) is 2.78. The minimum Gasteiger partial charge on any atom is -0.459 e. The van der Waals surface area contributed by atoms with Crippen molar-refractivity contribution in [1.82, 2.24) is 5.32 Å². The van der Waals surface area contributed by atoms with Gasteiger partial charge in [-0.15, -0.1) is 0 Å². The fourth-order valence-corrected chi connectivity index (χ4v) is 2.91. The summed E-state index contributed by atoms with van der Waals surface area (Å²) in [5.41, 5.74) is 2.56. The summed E-state index contributed by atoms with van der Waals surface area (Å²) in [5, 5.41) is 3.23. The molecule has 30 heavy (non-hydrogen) atoms. The Balaban J connectivity index is 1.60. The first-order valence-corrected chi connectivity index (χ1v) is 9.90. The highest BCUT2D eigenvalue weighted by molar-refractivity contribution is 6.30. The molecule has 0 spiro atoms. The Morgan fingerprint density at radius 3 is 1.90 bits per heavy atom. The van der Waals surface area contributed by atoms with Gasteiger partial charge in [-0.3, -0.25) is 0 Å². The molecule has 3 aromatic carbocycles. The van der Waals surface area contributed by atoms with Crippen LogP contribution in [-0.2, 0) is 33.9 Å². The van der Waals surface area contributed by atoms with Crippen molar-refractivity contribution in [2.24, 2.45) is 0 Å². The maximum absolute atomic E-state index is 12.7. The van der Waals surface area contributed by atoms with E-state index >= 15 is 0 Å². The Morgan fingerprint density at radius 2 is 1.27 bits per heavy atom. The zero-order valence-corrected chi connectivity index (χ0v) is 17.0. The number of hydrogen-bond donors (Lipinski definition) is 1. The fraction of sp³-hybridized carbons (Fsp3) is 0.167. The fourth-order valence-electron chi connectivity index (χ4n) is 2.79. The zero-order chi connectivity index (χ0) is 21.2. The largest absolute Gasteiger partial charge is 0.459 e. The van der Waals surface area contributed by atoms with Gasteiger partial charge in [0.1, 0.15) is 19.3 Å². The predicted molar refractivity (Wildman–Crippen MR) is 115 cm³/mol. The highest BCUT2D eigenvalue weighted by atomic mass is 35.5. The number of carbonyl (C=O) groups is 2. The second-order valence-corrected chi connectivity index (χ2v) is 7.12. The minimum atomic E-state index is -0.872. The molecule has 0 aliphatic carbocycles. The van der Waals surface area contributed by atoms with Crippen molar-refractivity contribution < 1.29 is 19.1 Å². The predicted octanol–water partition coefficient (Wildman–Crippen LogP) is 4.92. The van der Waals surface area contributed by atoms with Crippen molar-refractivity contribution in [3.05, 3.63) is 107 Å². The molecule has 3 aromatic rings. The van der Waals surface area contributed by atoms with Crippen LogP contribution >= 0.6 is 11.6 Å². The lowest BCUT2D eigenvalue weighted by Gasteiger charge is -2.18. The Morgan fingerprint density at radius 1 is 0.733 bits per heavy atom. The normalized spacial score (nSPS) is 11.4. The quantitative estimate of drug-likeness (QED) is 0.522. The molecule has 0 unspecified atom stereocenters. The van der Waals surface area contributed by atoms with E-state index < -0.39 is 18.1 Å². The second-order valence-electron chi connectivity index (χ2n) is 6.68. The Bertz CT molecular complexity index is 946. The molecule has 6 heteroatoms. The van der Waals surface area contributed by atoms with Gasteiger partial charge in [0, 0.05) is 11.4 Å². The van der Waals surface area contributed by atoms with Crippen LogP contribution in [0.2, 0.25) is 5.02 Å².